The fourth-order valence-electron chi connectivity index (χ4n) is 2.82. The molecule has 1 amide bonds. The van der Waals surface area contributed by atoms with Gasteiger partial charge in [-0.1, -0.05) is 18.0 Å². The van der Waals surface area contributed by atoms with E-state index in [-0.39, 0.29) is 15.5 Å². The molecule has 1 heterocycles. The van der Waals surface area contributed by atoms with E-state index in [4.69, 9.17) is 11.6 Å². The zero-order chi connectivity index (χ0) is 18.7. The topological polar surface area (TPSA) is 66.5 Å². The highest BCUT2D eigenvalue weighted by Crippen LogP contribution is 2.28. The zero-order valence-corrected chi connectivity index (χ0v) is 15.5. The molecule has 2 aromatic carbocycles. The fraction of sp³-hybridized carbons (Fsp3) is 0.278. The molecule has 2 aromatic rings. The van der Waals surface area contributed by atoms with Crippen molar-refractivity contribution in [2.24, 2.45) is 0 Å². The van der Waals surface area contributed by atoms with E-state index >= 15 is 0 Å². The van der Waals surface area contributed by atoms with Crippen molar-refractivity contribution in [3.8, 4) is 0 Å². The van der Waals surface area contributed by atoms with Crippen LogP contribution >= 0.6 is 11.6 Å². The van der Waals surface area contributed by atoms with E-state index in [1.165, 1.54) is 46.8 Å². The minimum absolute atomic E-state index is 0.0761. The highest BCUT2D eigenvalue weighted by molar-refractivity contribution is 7.89. The first-order valence-corrected chi connectivity index (χ1v) is 10.1. The lowest BCUT2D eigenvalue weighted by molar-refractivity contribution is 0.102. The number of piperidine rings is 1. The first-order valence-electron chi connectivity index (χ1n) is 8.24. The third-order valence-corrected chi connectivity index (χ3v) is 6.61. The molecular formula is C18H18ClFN2O3S. The molecule has 0 radical (unpaired) electrons. The summed E-state index contributed by atoms with van der Waals surface area (Å²) in [7, 11) is -3.76. The molecule has 138 valence electrons. The van der Waals surface area contributed by atoms with Gasteiger partial charge in [-0.15, -0.1) is 0 Å². The van der Waals surface area contributed by atoms with Crippen LogP contribution in [0.15, 0.2) is 47.4 Å². The average Bonchev–Trinajstić information content (AvgIpc) is 2.64. The molecule has 0 saturated carbocycles. The predicted molar refractivity (Wildman–Crippen MR) is 98.4 cm³/mol. The van der Waals surface area contributed by atoms with Crippen LogP contribution in [0.5, 0.6) is 0 Å². The van der Waals surface area contributed by atoms with Gasteiger partial charge in [0.1, 0.15) is 10.7 Å². The number of hydrogen-bond donors (Lipinski definition) is 1. The molecule has 1 saturated heterocycles. The van der Waals surface area contributed by atoms with Gasteiger partial charge in [-0.05, 0) is 55.3 Å². The van der Waals surface area contributed by atoms with Crippen molar-refractivity contribution in [2.75, 3.05) is 18.4 Å². The van der Waals surface area contributed by atoms with Crippen molar-refractivity contribution >= 4 is 33.2 Å². The lowest BCUT2D eigenvalue weighted by atomic mass is 10.2. The van der Waals surface area contributed by atoms with Crippen molar-refractivity contribution in [3.63, 3.8) is 0 Å². The molecule has 5 nitrogen and oxygen atoms in total. The number of nitrogens with zero attached hydrogens (tertiary/aromatic N) is 1. The summed E-state index contributed by atoms with van der Waals surface area (Å²) in [6.45, 7) is 0.898. The van der Waals surface area contributed by atoms with Crippen LogP contribution in [-0.2, 0) is 10.0 Å². The van der Waals surface area contributed by atoms with E-state index in [0.717, 1.165) is 19.3 Å². The van der Waals surface area contributed by atoms with Gasteiger partial charge < -0.3 is 5.32 Å². The highest BCUT2D eigenvalue weighted by atomic mass is 35.5. The summed E-state index contributed by atoms with van der Waals surface area (Å²) in [5.41, 5.74) is 0.570. The molecule has 0 aromatic heterocycles. The van der Waals surface area contributed by atoms with E-state index in [1.54, 1.807) is 0 Å². The Morgan fingerprint density at radius 1 is 1.04 bits per heavy atom. The molecule has 0 aliphatic carbocycles. The van der Waals surface area contributed by atoms with Crippen LogP contribution in [0.25, 0.3) is 0 Å². The number of hydrogen-bond acceptors (Lipinski definition) is 3. The van der Waals surface area contributed by atoms with Gasteiger partial charge in [0.15, 0.2) is 0 Å². The molecular weight excluding hydrogens is 379 g/mol. The van der Waals surface area contributed by atoms with Crippen LogP contribution in [0.4, 0.5) is 10.1 Å². The summed E-state index contributed by atoms with van der Waals surface area (Å²) in [5, 5.41) is 2.68. The molecule has 1 fully saturated rings. The third-order valence-electron chi connectivity index (χ3n) is 4.23. The number of nitrogens with one attached hydrogen (secondary N) is 1. The van der Waals surface area contributed by atoms with Gasteiger partial charge in [0.25, 0.3) is 5.91 Å². The second-order valence-corrected chi connectivity index (χ2v) is 8.38. The first-order chi connectivity index (χ1) is 12.4. The van der Waals surface area contributed by atoms with Gasteiger partial charge in [-0.2, -0.15) is 4.31 Å². The third kappa shape index (κ3) is 4.06. The Balaban J connectivity index is 1.87. The second-order valence-electron chi connectivity index (χ2n) is 6.07. The van der Waals surface area contributed by atoms with Crippen LogP contribution in [0, 0.1) is 5.82 Å². The number of amides is 1. The number of sulfonamides is 1. The van der Waals surface area contributed by atoms with Crippen LogP contribution < -0.4 is 5.32 Å². The predicted octanol–water partition coefficient (Wildman–Crippen LogP) is 3.91. The van der Waals surface area contributed by atoms with Crippen molar-refractivity contribution in [2.45, 2.75) is 24.2 Å². The number of carbonyl (C=O) groups excluding carboxylic acids is 1. The van der Waals surface area contributed by atoms with Crippen LogP contribution in [0.3, 0.4) is 0 Å². The Labute approximate surface area is 156 Å². The molecule has 1 aliphatic rings. The molecule has 1 N–H and O–H groups in total. The number of anilines is 1. The summed E-state index contributed by atoms with van der Waals surface area (Å²) >= 11 is 6.10. The van der Waals surface area contributed by atoms with Gasteiger partial charge in [0.2, 0.25) is 10.0 Å². The second kappa shape index (κ2) is 7.73. The summed E-state index contributed by atoms with van der Waals surface area (Å²) in [5.74, 6) is -0.909. The minimum atomic E-state index is -3.76. The molecule has 3 rings (SSSR count). The standard InChI is InChI=1S/C18H18ClFN2O3S/c19-16-9-4-13(18(23)21-15-7-5-14(20)6-8-15)12-17(16)26(24,25)22-10-2-1-3-11-22/h4-9,12H,1-3,10-11H2,(H,21,23). The normalized spacial score (nSPS) is 15.6. The maximum absolute atomic E-state index is 13.0. The molecule has 0 spiro atoms. The summed E-state index contributed by atoms with van der Waals surface area (Å²) < 4.78 is 40.0. The Morgan fingerprint density at radius 2 is 1.69 bits per heavy atom. The highest BCUT2D eigenvalue weighted by Gasteiger charge is 2.28. The van der Waals surface area contributed by atoms with E-state index in [9.17, 15) is 17.6 Å². The van der Waals surface area contributed by atoms with Crippen LogP contribution in [-0.4, -0.2) is 31.7 Å². The molecule has 8 heteroatoms. The van der Waals surface area contributed by atoms with E-state index < -0.39 is 21.7 Å². The van der Waals surface area contributed by atoms with Gasteiger partial charge in [-0.3, -0.25) is 4.79 Å². The zero-order valence-electron chi connectivity index (χ0n) is 13.9. The maximum atomic E-state index is 13.0. The first kappa shape index (κ1) is 18.8. The Kier molecular flexibility index (Phi) is 5.60. The number of benzene rings is 2. The minimum Gasteiger partial charge on any atom is -0.322 e. The molecule has 0 bridgehead atoms. The quantitative estimate of drug-likeness (QED) is 0.852. The summed E-state index contributed by atoms with van der Waals surface area (Å²) in [4.78, 5) is 12.3. The summed E-state index contributed by atoms with van der Waals surface area (Å²) in [6.07, 6.45) is 2.61. The number of halogens is 2. The lowest BCUT2D eigenvalue weighted by Crippen LogP contribution is -2.35. The lowest BCUT2D eigenvalue weighted by Gasteiger charge is -2.26. The van der Waals surface area contributed by atoms with Crippen LogP contribution in [0.1, 0.15) is 29.6 Å². The Hall–Kier alpha value is -1.96. The van der Waals surface area contributed by atoms with Gasteiger partial charge >= 0.3 is 0 Å². The van der Waals surface area contributed by atoms with Crippen molar-refractivity contribution in [1.82, 2.24) is 4.31 Å². The smallest absolute Gasteiger partial charge is 0.255 e. The molecule has 0 unspecified atom stereocenters. The van der Waals surface area contributed by atoms with Gasteiger partial charge in [0, 0.05) is 24.3 Å². The van der Waals surface area contributed by atoms with Crippen molar-refractivity contribution in [3.05, 3.63) is 58.9 Å². The number of carbonyl (C=O) groups is 1. The average molecular weight is 397 g/mol. The van der Waals surface area contributed by atoms with E-state index in [2.05, 4.69) is 5.32 Å². The van der Waals surface area contributed by atoms with Gasteiger partial charge in [0.05, 0.1) is 5.02 Å². The van der Waals surface area contributed by atoms with E-state index in [1.807, 2.05) is 0 Å². The van der Waals surface area contributed by atoms with E-state index in [0.29, 0.717) is 18.8 Å². The molecule has 0 atom stereocenters. The summed E-state index contributed by atoms with van der Waals surface area (Å²) in [6, 6.07) is 9.44. The van der Waals surface area contributed by atoms with Gasteiger partial charge in [-0.25, -0.2) is 12.8 Å². The fourth-order valence-corrected chi connectivity index (χ4v) is 4.84. The number of rotatable bonds is 4. The maximum Gasteiger partial charge on any atom is 0.255 e. The Morgan fingerprint density at radius 3 is 2.35 bits per heavy atom. The van der Waals surface area contributed by atoms with Crippen LogP contribution in [0.2, 0.25) is 5.02 Å². The Bertz CT molecular complexity index is 911. The molecule has 1 aliphatic heterocycles. The van der Waals surface area contributed by atoms with Crippen molar-refractivity contribution in [1.29, 1.82) is 0 Å². The van der Waals surface area contributed by atoms with Crippen molar-refractivity contribution < 1.29 is 17.6 Å². The molecule has 26 heavy (non-hydrogen) atoms. The monoisotopic (exact) mass is 396 g/mol. The SMILES string of the molecule is O=C(Nc1ccc(F)cc1)c1ccc(Cl)c(S(=O)(=O)N2CCCCC2)c1. The largest absolute Gasteiger partial charge is 0.322 e.